The minimum Gasteiger partial charge on any atom is -0.454 e. The first-order chi connectivity index (χ1) is 14.8. The first kappa shape index (κ1) is 21.1. The van der Waals surface area contributed by atoms with Gasteiger partial charge in [-0.1, -0.05) is 0 Å². The number of aromatic amines is 1. The van der Waals surface area contributed by atoms with Crippen molar-refractivity contribution in [3.05, 3.63) is 40.7 Å². The molecule has 3 heterocycles. The number of carbonyl (C=O) groups is 3. The normalized spacial score (nSPS) is 19.8. The monoisotopic (exact) mass is 426 g/mol. The third kappa shape index (κ3) is 4.34. The highest BCUT2D eigenvalue weighted by atomic mass is 16.7. The van der Waals surface area contributed by atoms with E-state index in [0.717, 1.165) is 42.1 Å². The zero-order valence-electron chi connectivity index (χ0n) is 18.1. The summed E-state index contributed by atoms with van der Waals surface area (Å²) < 4.78 is 10.6. The molecule has 2 aromatic rings. The van der Waals surface area contributed by atoms with E-state index in [9.17, 15) is 14.4 Å². The highest BCUT2D eigenvalue weighted by Gasteiger charge is 2.30. The molecule has 0 radical (unpaired) electrons. The number of piperidine rings is 1. The van der Waals surface area contributed by atoms with Crippen molar-refractivity contribution >= 4 is 23.2 Å². The van der Waals surface area contributed by atoms with E-state index >= 15 is 0 Å². The van der Waals surface area contributed by atoms with E-state index in [0.29, 0.717) is 35.0 Å². The minimum atomic E-state index is -0.0805. The van der Waals surface area contributed by atoms with E-state index < -0.39 is 0 Å². The summed E-state index contributed by atoms with van der Waals surface area (Å²) in [6.45, 7) is 7.21. The van der Waals surface area contributed by atoms with Gasteiger partial charge in [0.05, 0.1) is 18.8 Å². The summed E-state index contributed by atoms with van der Waals surface area (Å²) in [6, 6.07) is 5.37. The summed E-state index contributed by atoms with van der Waals surface area (Å²) in [4.78, 5) is 41.5. The maximum Gasteiger partial charge on any atom is 0.233 e. The number of fused-ring (bicyclic) bond motifs is 1. The van der Waals surface area contributed by atoms with E-state index in [4.69, 9.17) is 9.47 Å². The fourth-order valence-electron chi connectivity index (χ4n) is 4.56. The lowest BCUT2D eigenvalue weighted by molar-refractivity contribution is -0.897. The molecule has 0 unspecified atom stereocenters. The SMILES string of the molecule is CC(=O)c1c(C)[nH]c(C(=O)C[NH+]2CCC(C(=O)Nc3ccc4c(c3)OCO4)CC2)c1C. The number of likely N-dealkylation sites (tertiary alicyclic amines) is 1. The molecule has 1 aromatic heterocycles. The Morgan fingerprint density at radius 3 is 2.52 bits per heavy atom. The molecule has 1 saturated heterocycles. The molecule has 2 aliphatic rings. The fourth-order valence-corrected chi connectivity index (χ4v) is 4.56. The van der Waals surface area contributed by atoms with Crippen molar-refractivity contribution in [2.45, 2.75) is 33.6 Å². The van der Waals surface area contributed by atoms with Crippen molar-refractivity contribution in [3.63, 3.8) is 0 Å². The summed E-state index contributed by atoms with van der Waals surface area (Å²) >= 11 is 0. The van der Waals surface area contributed by atoms with Crippen molar-refractivity contribution in [2.24, 2.45) is 5.92 Å². The molecule has 8 heteroatoms. The second-order valence-corrected chi connectivity index (χ2v) is 8.36. The molecule has 0 bridgehead atoms. The van der Waals surface area contributed by atoms with Gasteiger partial charge in [-0.3, -0.25) is 14.4 Å². The number of anilines is 1. The molecule has 2 aliphatic heterocycles. The quantitative estimate of drug-likeness (QED) is 0.610. The number of hydrogen-bond donors (Lipinski definition) is 3. The fraction of sp³-hybridized carbons (Fsp3) is 0.435. The molecule has 1 aromatic carbocycles. The van der Waals surface area contributed by atoms with E-state index in [-0.39, 0.29) is 30.2 Å². The van der Waals surface area contributed by atoms with Crippen molar-refractivity contribution in [2.75, 3.05) is 31.7 Å². The number of Topliss-reactive ketones (excluding diaryl/α,β-unsaturated/α-hetero) is 2. The highest BCUT2D eigenvalue weighted by Crippen LogP contribution is 2.34. The van der Waals surface area contributed by atoms with Crippen LogP contribution in [-0.4, -0.2) is 48.9 Å². The predicted molar refractivity (Wildman–Crippen MR) is 114 cm³/mol. The molecule has 0 spiro atoms. The summed E-state index contributed by atoms with van der Waals surface area (Å²) in [5.74, 6) is 1.20. The molecule has 3 N–H and O–H groups in total. The Hall–Kier alpha value is -3.13. The van der Waals surface area contributed by atoms with Gasteiger partial charge in [-0.05, 0) is 38.5 Å². The molecule has 1 fully saturated rings. The zero-order chi connectivity index (χ0) is 22.1. The number of ether oxygens (including phenoxy) is 2. The van der Waals surface area contributed by atoms with Gasteiger partial charge in [0.1, 0.15) is 6.54 Å². The number of aromatic nitrogens is 1. The Morgan fingerprint density at radius 2 is 1.84 bits per heavy atom. The summed E-state index contributed by atoms with van der Waals surface area (Å²) in [7, 11) is 0. The summed E-state index contributed by atoms with van der Waals surface area (Å²) in [5, 5.41) is 2.96. The van der Waals surface area contributed by atoms with Crippen LogP contribution in [0.15, 0.2) is 18.2 Å². The first-order valence-electron chi connectivity index (χ1n) is 10.6. The van der Waals surface area contributed by atoms with E-state index in [1.807, 2.05) is 13.8 Å². The third-order valence-corrected chi connectivity index (χ3v) is 6.18. The number of benzene rings is 1. The average molecular weight is 426 g/mol. The number of hydrogen-bond acceptors (Lipinski definition) is 5. The van der Waals surface area contributed by atoms with Crippen LogP contribution in [0.1, 0.15) is 51.9 Å². The predicted octanol–water partition coefficient (Wildman–Crippen LogP) is 1.68. The van der Waals surface area contributed by atoms with Crippen LogP contribution in [-0.2, 0) is 4.79 Å². The number of quaternary nitrogens is 1. The van der Waals surface area contributed by atoms with Crippen LogP contribution in [0.4, 0.5) is 5.69 Å². The molecule has 4 rings (SSSR count). The lowest BCUT2D eigenvalue weighted by Gasteiger charge is -2.28. The first-order valence-corrected chi connectivity index (χ1v) is 10.6. The van der Waals surface area contributed by atoms with Gasteiger partial charge in [-0.25, -0.2) is 0 Å². The van der Waals surface area contributed by atoms with Crippen LogP contribution < -0.4 is 19.7 Å². The maximum absolute atomic E-state index is 12.8. The van der Waals surface area contributed by atoms with Crippen molar-refractivity contribution in [1.82, 2.24) is 4.98 Å². The average Bonchev–Trinajstić information content (AvgIpc) is 3.31. The van der Waals surface area contributed by atoms with Gasteiger partial charge in [0.15, 0.2) is 17.3 Å². The van der Waals surface area contributed by atoms with Crippen molar-refractivity contribution < 1.29 is 28.8 Å². The summed E-state index contributed by atoms with van der Waals surface area (Å²) in [6.07, 6.45) is 1.45. The number of H-pyrrole nitrogens is 1. The molecular weight excluding hydrogens is 398 g/mol. The van der Waals surface area contributed by atoms with Gasteiger partial charge in [0.2, 0.25) is 18.5 Å². The largest absolute Gasteiger partial charge is 0.454 e. The lowest BCUT2D eigenvalue weighted by atomic mass is 9.95. The van der Waals surface area contributed by atoms with Gasteiger partial charge < -0.3 is 24.7 Å². The van der Waals surface area contributed by atoms with Gasteiger partial charge in [0, 0.05) is 41.8 Å². The smallest absolute Gasteiger partial charge is 0.233 e. The van der Waals surface area contributed by atoms with E-state index in [1.165, 1.54) is 6.92 Å². The standard InChI is InChI=1S/C23H27N3O5/c1-13-21(15(3)27)14(2)24-22(13)18(28)11-26-8-6-16(7-9-26)23(29)25-17-4-5-19-20(10-17)31-12-30-19/h4-5,10,16,24H,6-9,11-12H2,1-3H3,(H,25,29)/p+1. The third-order valence-electron chi connectivity index (χ3n) is 6.18. The zero-order valence-corrected chi connectivity index (χ0v) is 18.1. The maximum atomic E-state index is 12.8. The van der Waals surface area contributed by atoms with Crippen LogP contribution in [0.3, 0.4) is 0 Å². The van der Waals surface area contributed by atoms with Crippen LogP contribution in [0.2, 0.25) is 0 Å². The van der Waals surface area contributed by atoms with Gasteiger partial charge in [-0.15, -0.1) is 0 Å². The topological polar surface area (TPSA) is 102 Å². The molecule has 164 valence electrons. The molecule has 8 nitrogen and oxygen atoms in total. The molecule has 0 aliphatic carbocycles. The van der Waals surface area contributed by atoms with Crippen LogP contribution in [0.25, 0.3) is 0 Å². The Bertz CT molecular complexity index is 1030. The number of carbonyl (C=O) groups excluding carboxylic acids is 3. The van der Waals surface area contributed by atoms with E-state index in [1.54, 1.807) is 18.2 Å². The Morgan fingerprint density at radius 1 is 1.13 bits per heavy atom. The molecule has 31 heavy (non-hydrogen) atoms. The molecule has 0 atom stereocenters. The molecule has 0 saturated carbocycles. The number of ketones is 2. The minimum absolute atomic E-state index is 0.00589. The second-order valence-electron chi connectivity index (χ2n) is 8.36. The second kappa shape index (κ2) is 8.55. The van der Waals surface area contributed by atoms with Gasteiger partial charge in [0.25, 0.3) is 0 Å². The highest BCUT2D eigenvalue weighted by molar-refractivity contribution is 6.03. The number of aryl methyl sites for hydroxylation is 1. The van der Waals surface area contributed by atoms with Crippen molar-refractivity contribution in [1.29, 1.82) is 0 Å². The van der Waals surface area contributed by atoms with E-state index in [2.05, 4.69) is 10.3 Å². The Kier molecular flexibility index (Phi) is 5.82. The Balaban J connectivity index is 1.30. The van der Waals surface area contributed by atoms with Crippen LogP contribution >= 0.6 is 0 Å². The van der Waals surface area contributed by atoms with Crippen molar-refractivity contribution in [3.8, 4) is 11.5 Å². The van der Waals surface area contributed by atoms with Gasteiger partial charge in [-0.2, -0.15) is 0 Å². The van der Waals surface area contributed by atoms with Crippen LogP contribution in [0.5, 0.6) is 11.5 Å². The molecular formula is C23H28N3O5+. The summed E-state index contributed by atoms with van der Waals surface area (Å²) in [5.41, 5.74) is 3.29. The molecule has 1 amide bonds. The van der Waals surface area contributed by atoms with Crippen LogP contribution in [0, 0.1) is 19.8 Å². The lowest BCUT2D eigenvalue weighted by Crippen LogP contribution is -3.14. The number of rotatable bonds is 6. The van der Waals surface area contributed by atoms with Gasteiger partial charge >= 0.3 is 0 Å². The number of nitrogens with one attached hydrogen (secondary N) is 3. The number of amides is 1. The Labute approximate surface area is 180 Å².